The van der Waals surface area contributed by atoms with Crippen LogP contribution in [0.5, 0.6) is 0 Å². The van der Waals surface area contributed by atoms with Gasteiger partial charge in [0.05, 0.1) is 18.6 Å². The summed E-state index contributed by atoms with van der Waals surface area (Å²) in [6, 6.07) is 8.07. The van der Waals surface area contributed by atoms with Crippen molar-refractivity contribution in [2.24, 2.45) is 0 Å². The summed E-state index contributed by atoms with van der Waals surface area (Å²) in [5.74, 6) is 0. The molecule has 0 spiro atoms. The van der Waals surface area contributed by atoms with E-state index in [4.69, 9.17) is 5.11 Å². The Kier molecular flexibility index (Phi) is 2.33. The zero-order chi connectivity index (χ0) is 9.97. The fourth-order valence-electron chi connectivity index (χ4n) is 1.43. The first-order valence-corrected chi connectivity index (χ1v) is 4.51. The Morgan fingerprint density at radius 2 is 2.14 bits per heavy atom. The molecular weight excluding hydrogens is 176 g/mol. The van der Waals surface area contributed by atoms with Gasteiger partial charge < -0.3 is 9.67 Å². The SMILES string of the molecule is Cc1ccccc1-n1cnc(CO)c1. The Labute approximate surface area is 82.7 Å². The highest BCUT2D eigenvalue weighted by Gasteiger charge is 2.01. The minimum Gasteiger partial charge on any atom is -0.390 e. The lowest BCUT2D eigenvalue weighted by Gasteiger charge is -2.04. The molecule has 2 aromatic rings. The average molecular weight is 188 g/mol. The number of aromatic nitrogens is 2. The van der Waals surface area contributed by atoms with E-state index in [0.29, 0.717) is 5.69 Å². The average Bonchev–Trinajstić information content (AvgIpc) is 2.67. The molecule has 14 heavy (non-hydrogen) atoms. The van der Waals surface area contributed by atoms with E-state index >= 15 is 0 Å². The normalized spacial score (nSPS) is 10.4. The Morgan fingerprint density at radius 3 is 2.79 bits per heavy atom. The maximum Gasteiger partial charge on any atom is 0.0996 e. The molecule has 0 fully saturated rings. The molecule has 0 bridgehead atoms. The second-order valence-electron chi connectivity index (χ2n) is 3.22. The lowest BCUT2D eigenvalue weighted by atomic mass is 10.2. The van der Waals surface area contributed by atoms with Crippen molar-refractivity contribution in [2.75, 3.05) is 0 Å². The summed E-state index contributed by atoms with van der Waals surface area (Å²) in [4.78, 5) is 4.07. The third kappa shape index (κ3) is 1.54. The van der Waals surface area contributed by atoms with Crippen LogP contribution in [0.25, 0.3) is 5.69 Å². The number of aryl methyl sites for hydroxylation is 1. The summed E-state index contributed by atoms with van der Waals surface area (Å²) in [6.07, 6.45) is 3.55. The monoisotopic (exact) mass is 188 g/mol. The predicted octanol–water partition coefficient (Wildman–Crippen LogP) is 1.67. The van der Waals surface area contributed by atoms with Gasteiger partial charge in [-0.15, -0.1) is 0 Å². The van der Waals surface area contributed by atoms with Crippen molar-refractivity contribution in [3.8, 4) is 5.69 Å². The van der Waals surface area contributed by atoms with Crippen LogP contribution in [0.4, 0.5) is 0 Å². The Hall–Kier alpha value is -1.61. The van der Waals surface area contributed by atoms with E-state index in [1.807, 2.05) is 42.0 Å². The van der Waals surface area contributed by atoms with Gasteiger partial charge in [-0.25, -0.2) is 4.98 Å². The quantitative estimate of drug-likeness (QED) is 0.778. The lowest BCUT2D eigenvalue weighted by Crippen LogP contribution is -1.92. The van der Waals surface area contributed by atoms with Gasteiger partial charge >= 0.3 is 0 Å². The molecule has 3 nitrogen and oxygen atoms in total. The Balaban J connectivity index is 2.44. The molecule has 0 aliphatic heterocycles. The first kappa shape index (κ1) is 8.97. The highest BCUT2D eigenvalue weighted by atomic mass is 16.3. The number of hydrogen-bond acceptors (Lipinski definition) is 2. The first-order chi connectivity index (χ1) is 6.81. The van der Waals surface area contributed by atoms with Crippen molar-refractivity contribution >= 4 is 0 Å². The van der Waals surface area contributed by atoms with E-state index < -0.39 is 0 Å². The molecule has 0 atom stereocenters. The number of hydrogen-bond donors (Lipinski definition) is 1. The van der Waals surface area contributed by atoms with Crippen LogP contribution in [0, 0.1) is 6.92 Å². The number of imidazole rings is 1. The molecule has 0 radical (unpaired) electrons. The summed E-state index contributed by atoms with van der Waals surface area (Å²) in [5.41, 5.74) is 2.97. The summed E-state index contributed by atoms with van der Waals surface area (Å²) in [6.45, 7) is 2.03. The van der Waals surface area contributed by atoms with E-state index in [1.54, 1.807) is 6.33 Å². The van der Waals surface area contributed by atoms with Crippen molar-refractivity contribution in [1.82, 2.24) is 9.55 Å². The van der Waals surface area contributed by atoms with Gasteiger partial charge in [-0.3, -0.25) is 0 Å². The van der Waals surface area contributed by atoms with Crippen LogP contribution in [0.1, 0.15) is 11.3 Å². The standard InChI is InChI=1S/C11H12N2O/c1-9-4-2-3-5-11(9)13-6-10(7-14)12-8-13/h2-6,8,14H,7H2,1H3. The second-order valence-corrected chi connectivity index (χ2v) is 3.22. The van der Waals surface area contributed by atoms with Gasteiger partial charge in [-0.1, -0.05) is 18.2 Å². The van der Waals surface area contributed by atoms with Crippen molar-refractivity contribution in [3.05, 3.63) is 48.0 Å². The van der Waals surface area contributed by atoms with Gasteiger partial charge in [0.15, 0.2) is 0 Å². The predicted molar refractivity (Wildman–Crippen MR) is 54.2 cm³/mol. The maximum atomic E-state index is 8.89. The smallest absolute Gasteiger partial charge is 0.0996 e. The van der Waals surface area contributed by atoms with Gasteiger partial charge in [0.25, 0.3) is 0 Å². The topological polar surface area (TPSA) is 38.0 Å². The van der Waals surface area contributed by atoms with Crippen molar-refractivity contribution in [3.63, 3.8) is 0 Å². The third-order valence-corrected chi connectivity index (χ3v) is 2.19. The largest absolute Gasteiger partial charge is 0.390 e. The summed E-state index contributed by atoms with van der Waals surface area (Å²) in [5, 5.41) is 8.89. The third-order valence-electron chi connectivity index (χ3n) is 2.19. The second kappa shape index (κ2) is 3.64. The summed E-state index contributed by atoms with van der Waals surface area (Å²) < 4.78 is 1.92. The van der Waals surface area contributed by atoms with Crippen LogP contribution in [0.15, 0.2) is 36.8 Å². The molecule has 1 N–H and O–H groups in total. The molecule has 1 heterocycles. The van der Waals surface area contributed by atoms with Crippen molar-refractivity contribution in [2.45, 2.75) is 13.5 Å². The summed E-state index contributed by atoms with van der Waals surface area (Å²) >= 11 is 0. The van der Waals surface area contributed by atoms with E-state index in [9.17, 15) is 0 Å². The molecule has 0 amide bonds. The van der Waals surface area contributed by atoms with Crippen LogP contribution in [0.3, 0.4) is 0 Å². The lowest BCUT2D eigenvalue weighted by molar-refractivity contribution is 0.277. The maximum absolute atomic E-state index is 8.89. The molecule has 0 aliphatic rings. The fourth-order valence-corrected chi connectivity index (χ4v) is 1.43. The van der Waals surface area contributed by atoms with E-state index in [0.717, 1.165) is 5.69 Å². The molecule has 72 valence electrons. The zero-order valence-corrected chi connectivity index (χ0v) is 8.01. The van der Waals surface area contributed by atoms with Crippen LogP contribution < -0.4 is 0 Å². The molecule has 1 aromatic heterocycles. The van der Waals surface area contributed by atoms with Crippen molar-refractivity contribution in [1.29, 1.82) is 0 Å². The molecule has 2 rings (SSSR count). The number of nitrogens with zero attached hydrogens (tertiary/aromatic N) is 2. The molecule has 0 aliphatic carbocycles. The number of benzene rings is 1. The van der Waals surface area contributed by atoms with Gasteiger partial charge in [0.1, 0.15) is 0 Å². The van der Waals surface area contributed by atoms with E-state index in [1.165, 1.54) is 5.56 Å². The highest BCUT2D eigenvalue weighted by Crippen LogP contribution is 2.13. The van der Waals surface area contributed by atoms with E-state index in [2.05, 4.69) is 4.98 Å². The van der Waals surface area contributed by atoms with Gasteiger partial charge in [-0.2, -0.15) is 0 Å². The minimum absolute atomic E-state index is 0.0150. The van der Waals surface area contributed by atoms with Crippen LogP contribution in [0.2, 0.25) is 0 Å². The number of aliphatic hydroxyl groups excluding tert-OH is 1. The van der Waals surface area contributed by atoms with Crippen molar-refractivity contribution < 1.29 is 5.11 Å². The Morgan fingerprint density at radius 1 is 1.36 bits per heavy atom. The fraction of sp³-hybridized carbons (Fsp3) is 0.182. The highest BCUT2D eigenvalue weighted by molar-refractivity contribution is 5.40. The first-order valence-electron chi connectivity index (χ1n) is 4.51. The van der Waals surface area contributed by atoms with Crippen LogP contribution in [-0.2, 0) is 6.61 Å². The molecule has 3 heteroatoms. The Bertz CT molecular complexity index is 434. The number of aliphatic hydroxyl groups is 1. The molecule has 1 aromatic carbocycles. The van der Waals surface area contributed by atoms with Gasteiger partial charge in [0, 0.05) is 11.9 Å². The zero-order valence-electron chi connectivity index (χ0n) is 8.01. The van der Waals surface area contributed by atoms with Crippen LogP contribution in [-0.4, -0.2) is 14.7 Å². The number of rotatable bonds is 2. The van der Waals surface area contributed by atoms with Crippen LogP contribution >= 0.6 is 0 Å². The number of para-hydroxylation sites is 1. The molecule has 0 saturated carbocycles. The van der Waals surface area contributed by atoms with Gasteiger partial charge in [-0.05, 0) is 18.6 Å². The molecule has 0 saturated heterocycles. The summed E-state index contributed by atoms with van der Waals surface area (Å²) in [7, 11) is 0. The molecular formula is C11H12N2O. The molecule has 0 unspecified atom stereocenters. The van der Waals surface area contributed by atoms with E-state index in [-0.39, 0.29) is 6.61 Å². The van der Waals surface area contributed by atoms with Gasteiger partial charge in [0.2, 0.25) is 0 Å². The minimum atomic E-state index is -0.0150.